The summed E-state index contributed by atoms with van der Waals surface area (Å²) < 4.78 is 6.66. The maximum Gasteiger partial charge on any atom is 0.339 e. The summed E-state index contributed by atoms with van der Waals surface area (Å²) in [6.45, 7) is 0. The molecule has 3 rings (SSSR count). The van der Waals surface area contributed by atoms with E-state index in [1.165, 1.54) is 0 Å². The van der Waals surface area contributed by atoms with Crippen molar-refractivity contribution in [3.05, 3.63) is 58.6 Å². The van der Waals surface area contributed by atoms with Gasteiger partial charge in [-0.1, -0.05) is 46.3 Å². The van der Waals surface area contributed by atoms with E-state index in [4.69, 9.17) is 4.74 Å². The summed E-state index contributed by atoms with van der Waals surface area (Å²) in [5.74, 6) is -0.208. The first-order valence-corrected chi connectivity index (χ1v) is 8.09. The topological polar surface area (TPSA) is 26.3 Å². The molecule has 0 amide bonds. The highest BCUT2D eigenvalue weighted by Crippen LogP contribution is 2.28. The van der Waals surface area contributed by atoms with E-state index in [2.05, 4.69) is 15.9 Å². The third-order valence-electron chi connectivity index (χ3n) is 3.88. The van der Waals surface area contributed by atoms with E-state index in [0.29, 0.717) is 5.56 Å². The standard InChI is InChI=1S/C18H17BrO2/c19-14-11-9-13(10-12-14)16-7-3-4-8-17(16)18(20)21-15-5-1-2-6-15/h3-4,7-12,15H,1-2,5-6H2. The summed E-state index contributed by atoms with van der Waals surface area (Å²) in [6, 6.07) is 15.6. The largest absolute Gasteiger partial charge is 0.459 e. The van der Waals surface area contributed by atoms with Crippen LogP contribution in [0.15, 0.2) is 53.0 Å². The van der Waals surface area contributed by atoms with E-state index < -0.39 is 0 Å². The molecule has 1 fully saturated rings. The van der Waals surface area contributed by atoms with Gasteiger partial charge in [-0.15, -0.1) is 0 Å². The summed E-state index contributed by atoms with van der Waals surface area (Å²) in [5.41, 5.74) is 2.59. The minimum Gasteiger partial charge on any atom is -0.459 e. The lowest BCUT2D eigenvalue weighted by Crippen LogP contribution is -2.15. The Balaban J connectivity index is 1.88. The molecule has 21 heavy (non-hydrogen) atoms. The Kier molecular flexibility index (Phi) is 4.39. The number of halogens is 1. The quantitative estimate of drug-likeness (QED) is 0.714. The van der Waals surface area contributed by atoms with Gasteiger partial charge in [0.05, 0.1) is 5.56 Å². The first-order valence-electron chi connectivity index (χ1n) is 7.30. The Hall–Kier alpha value is -1.61. The molecule has 0 atom stereocenters. The molecule has 1 aliphatic rings. The molecule has 0 aromatic heterocycles. The van der Waals surface area contributed by atoms with Gasteiger partial charge < -0.3 is 4.74 Å². The predicted octanol–water partition coefficient (Wildman–Crippen LogP) is 5.22. The van der Waals surface area contributed by atoms with Gasteiger partial charge in [-0.05, 0) is 55.0 Å². The van der Waals surface area contributed by atoms with Gasteiger partial charge in [0.1, 0.15) is 6.10 Å². The summed E-state index contributed by atoms with van der Waals surface area (Å²) in [6.07, 6.45) is 4.40. The van der Waals surface area contributed by atoms with Crippen LogP contribution in [0.2, 0.25) is 0 Å². The molecule has 0 saturated heterocycles. The highest BCUT2D eigenvalue weighted by molar-refractivity contribution is 9.10. The fraction of sp³-hybridized carbons (Fsp3) is 0.278. The lowest BCUT2D eigenvalue weighted by atomic mass is 10.00. The number of esters is 1. The molecule has 1 saturated carbocycles. The fourth-order valence-electron chi connectivity index (χ4n) is 2.76. The third-order valence-corrected chi connectivity index (χ3v) is 4.41. The smallest absolute Gasteiger partial charge is 0.339 e. The van der Waals surface area contributed by atoms with Crippen molar-refractivity contribution >= 4 is 21.9 Å². The predicted molar refractivity (Wildman–Crippen MR) is 87.2 cm³/mol. The van der Waals surface area contributed by atoms with Gasteiger partial charge in [0.25, 0.3) is 0 Å². The van der Waals surface area contributed by atoms with Crippen molar-refractivity contribution in [1.82, 2.24) is 0 Å². The Morgan fingerprint density at radius 1 is 1.00 bits per heavy atom. The second-order valence-corrected chi connectivity index (χ2v) is 6.28. The molecule has 2 aromatic rings. The highest BCUT2D eigenvalue weighted by atomic mass is 79.9. The normalized spacial score (nSPS) is 15.1. The Morgan fingerprint density at radius 3 is 2.38 bits per heavy atom. The molecule has 0 radical (unpaired) electrons. The first-order chi connectivity index (χ1) is 10.2. The number of benzene rings is 2. The third kappa shape index (κ3) is 3.35. The molecule has 0 N–H and O–H groups in total. The number of ether oxygens (including phenoxy) is 1. The number of carbonyl (C=O) groups is 1. The average Bonchev–Trinajstić information content (AvgIpc) is 3.01. The van der Waals surface area contributed by atoms with Crippen LogP contribution in [-0.4, -0.2) is 12.1 Å². The van der Waals surface area contributed by atoms with Crippen LogP contribution in [0.3, 0.4) is 0 Å². The Labute approximate surface area is 133 Å². The molecule has 0 spiro atoms. The zero-order chi connectivity index (χ0) is 14.7. The molecule has 108 valence electrons. The molecule has 3 heteroatoms. The summed E-state index contributed by atoms with van der Waals surface area (Å²) >= 11 is 3.43. The van der Waals surface area contributed by atoms with Crippen molar-refractivity contribution in [2.24, 2.45) is 0 Å². The fourth-order valence-corrected chi connectivity index (χ4v) is 3.03. The summed E-state index contributed by atoms with van der Waals surface area (Å²) in [7, 11) is 0. The molecule has 2 aromatic carbocycles. The van der Waals surface area contributed by atoms with E-state index in [1.807, 2.05) is 48.5 Å². The van der Waals surface area contributed by atoms with Crippen molar-refractivity contribution in [3.63, 3.8) is 0 Å². The Morgan fingerprint density at radius 2 is 1.67 bits per heavy atom. The molecule has 1 aliphatic carbocycles. The van der Waals surface area contributed by atoms with Gasteiger partial charge in [0.15, 0.2) is 0 Å². The van der Waals surface area contributed by atoms with Crippen LogP contribution < -0.4 is 0 Å². The number of hydrogen-bond acceptors (Lipinski definition) is 2. The van der Waals surface area contributed by atoms with Crippen molar-refractivity contribution in [3.8, 4) is 11.1 Å². The van der Waals surface area contributed by atoms with Gasteiger partial charge in [-0.3, -0.25) is 0 Å². The van der Waals surface area contributed by atoms with Crippen LogP contribution in [0.4, 0.5) is 0 Å². The van der Waals surface area contributed by atoms with Gasteiger partial charge in [0, 0.05) is 4.47 Å². The van der Waals surface area contributed by atoms with Gasteiger partial charge >= 0.3 is 5.97 Å². The van der Waals surface area contributed by atoms with E-state index >= 15 is 0 Å². The number of carbonyl (C=O) groups excluding carboxylic acids is 1. The molecule has 0 heterocycles. The highest BCUT2D eigenvalue weighted by Gasteiger charge is 2.21. The maximum absolute atomic E-state index is 12.4. The minimum atomic E-state index is -0.208. The molecular weight excluding hydrogens is 328 g/mol. The van der Waals surface area contributed by atoms with Gasteiger partial charge in [-0.2, -0.15) is 0 Å². The lowest BCUT2D eigenvalue weighted by Gasteiger charge is -2.14. The maximum atomic E-state index is 12.4. The van der Waals surface area contributed by atoms with Gasteiger partial charge in [0.2, 0.25) is 0 Å². The van der Waals surface area contributed by atoms with Crippen LogP contribution >= 0.6 is 15.9 Å². The average molecular weight is 345 g/mol. The molecule has 2 nitrogen and oxygen atoms in total. The SMILES string of the molecule is O=C(OC1CCCC1)c1ccccc1-c1ccc(Br)cc1. The van der Waals surface area contributed by atoms with E-state index in [1.54, 1.807) is 0 Å². The lowest BCUT2D eigenvalue weighted by molar-refractivity contribution is 0.0319. The van der Waals surface area contributed by atoms with Crippen LogP contribution in [0, 0.1) is 0 Å². The second-order valence-electron chi connectivity index (χ2n) is 5.36. The molecular formula is C18H17BrO2. The molecule has 0 unspecified atom stereocenters. The van der Waals surface area contributed by atoms with Gasteiger partial charge in [-0.25, -0.2) is 4.79 Å². The monoisotopic (exact) mass is 344 g/mol. The summed E-state index contributed by atoms with van der Waals surface area (Å²) in [5, 5.41) is 0. The molecule has 0 bridgehead atoms. The summed E-state index contributed by atoms with van der Waals surface area (Å²) in [4.78, 5) is 12.4. The first kappa shape index (κ1) is 14.3. The second kappa shape index (κ2) is 6.44. The van der Waals surface area contributed by atoms with Crippen LogP contribution in [-0.2, 0) is 4.74 Å². The van der Waals surface area contributed by atoms with Crippen molar-refractivity contribution in [2.75, 3.05) is 0 Å². The van der Waals surface area contributed by atoms with Crippen molar-refractivity contribution in [1.29, 1.82) is 0 Å². The van der Waals surface area contributed by atoms with Crippen LogP contribution in [0.25, 0.3) is 11.1 Å². The zero-order valence-corrected chi connectivity index (χ0v) is 13.3. The van der Waals surface area contributed by atoms with E-state index in [9.17, 15) is 4.79 Å². The van der Waals surface area contributed by atoms with E-state index in [0.717, 1.165) is 41.3 Å². The van der Waals surface area contributed by atoms with Crippen molar-refractivity contribution < 1.29 is 9.53 Å². The Bertz CT molecular complexity index is 628. The van der Waals surface area contributed by atoms with Crippen LogP contribution in [0.1, 0.15) is 36.0 Å². The van der Waals surface area contributed by atoms with Crippen LogP contribution in [0.5, 0.6) is 0 Å². The molecule has 0 aliphatic heterocycles. The zero-order valence-electron chi connectivity index (χ0n) is 11.7. The van der Waals surface area contributed by atoms with E-state index in [-0.39, 0.29) is 12.1 Å². The number of rotatable bonds is 3. The minimum absolute atomic E-state index is 0.0930. The van der Waals surface area contributed by atoms with Crippen molar-refractivity contribution in [2.45, 2.75) is 31.8 Å². The number of hydrogen-bond donors (Lipinski definition) is 0.